The lowest BCUT2D eigenvalue weighted by atomic mass is 9.97. The van der Waals surface area contributed by atoms with Crippen LogP contribution in [0.3, 0.4) is 0 Å². The Bertz CT molecular complexity index is 540. The van der Waals surface area contributed by atoms with E-state index in [1.54, 1.807) is 0 Å². The molecule has 0 N–H and O–H groups in total. The Hall–Kier alpha value is -1.79. The number of hydrogen-bond donors (Lipinski definition) is 0. The van der Waals surface area contributed by atoms with Crippen molar-refractivity contribution in [2.24, 2.45) is 0 Å². The second-order valence-corrected chi connectivity index (χ2v) is 4.77. The molecule has 0 spiro atoms. The van der Waals surface area contributed by atoms with E-state index in [2.05, 4.69) is 15.8 Å². The predicted molar refractivity (Wildman–Crippen MR) is 71.3 cm³/mol. The monoisotopic (exact) mass is 240 g/mol. The first-order valence-electron chi connectivity index (χ1n) is 6.38. The summed E-state index contributed by atoms with van der Waals surface area (Å²) in [5, 5.41) is 0. The molecule has 3 heteroatoms. The van der Waals surface area contributed by atoms with Gasteiger partial charge in [-0.2, -0.15) is 0 Å². The summed E-state index contributed by atoms with van der Waals surface area (Å²) in [6.45, 7) is 2.82. The maximum Gasteiger partial charge on any atom is 0.198 e. The van der Waals surface area contributed by atoms with Gasteiger partial charge in [-0.25, -0.2) is 4.98 Å². The van der Waals surface area contributed by atoms with Crippen LogP contribution < -0.4 is 0 Å². The van der Waals surface area contributed by atoms with E-state index in [0.29, 0.717) is 5.92 Å². The summed E-state index contributed by atoms with van der Waals surface area (Å²) in [6.07, 6.45) is 7.49. The Morgan fingerprint density at radius 1 is 1.33 bits per heavy atom. The van der Waals surface area contributed by atoms with E-state index in [1.165, 1.54) is 0 Å². The van der Waals surface area contributed by atoms with Crippen LogP contribution in [0.1, 0.15) is 24.7 Å². The van der Waals surface area contributed by atoms with Crippen LogP contribution in [0, 0.1) is 12.3 Å². The van der Waals surface area contributed by atoms with Gasteiger partial charge >= 0.3 is 0 Å². The Balaban J connectivity index is 1.74. The zero-order chi connectivity index (χ0) is 12.4. The third kappa shape index (κ3) is 2.12. The highest BCUT2D eigenvalue weighted by Crippen LogP contribution is 2.29. The zero-order valence-corrected chi connectivity index (χ0v) is 10.3. The summed E-state index contributed by atoms with van der Waals surface area (Å²) in [5.41, 5.74) is 1.84. The molecule has 0 bridgehead atoms. The number of oxazole rings is 1. The molecule has 18 heavy (non-hydrogen) atoms. The maximum atomic E-state index is 5.83. The van der Waals surface area contributed by atoms with Gasteiger partial charge in [-0.3, -0.25) is 4.90 Å². The van der Waals surface area contributed by atoms with Crippen LogP contribution in [0.15, 0.2) is 28.7 Å². The van der Waals surface area contributed by atoms with Crippen LogP contribution in [0.2, 0.25) is 0 Å². The number of hydrogen-bond acceptors (Lipinski definition) is 3. The van der Waals surface area contributed by atoms with Crippen molar-refractivity contribution in [1.82, 2.24) is 9.88 Å². The summed E-state index contributed by atoms with van der Waals surface area (Å²) in [7, 11) is 0. The van der Waals surface area contributed by atoms with E-state index in [-0.39, 0.29) is 0 Å². The fourth-order valence-electron chi connectivity index (χ4n) is 2.53. The lowest BCUT2D eigenvalue weighted by Gasteiger charge is -2.28. The van der Waals surface area contributed by atoms with Crippen molar-refractivity contribution in [2.75, 3.05) is 19.6 Å². The van der Waals surface area contributed by atoms with Crippen molar-refractivity contribution in [1.29, 1.82) is 0 Å². The van der Waals surface area contributed by atoms with Crippen LogP contribution in [0.5, 0.6) is 0 Å². The van der Waals surface area contributed by atoms with Crippen molar-refractivity contribution in [3.8, 4) is 12.3 Å². The topological polar surface area (TPSA) is 29.3 Å². The second kappa shape index (κ2) is 4.83. The molecule has 0 aliphatic carbocycles. The second-order valence-electron chi connectivity index (χ2n) is 4.77. The molecule has 0 unspecified atom stereocenters. The van der Waals surface area contributed by atoms with Gasteiger partial charge in [0, 0.05) is 5.92 Å². The first kappa shape index (κ1) is 11.3. The average Bonchev–Trinajstić information content (AvgIpc) is 2.84. The third-order valence-electron chi connectivity index (χ3n) is 3.56. The smallest absolute Gasteiger partial charge is 0.198 e. The van der Waals surface area contributed by atoms with Gasteiger partial charge in [-0.1, -0.05) is 18.1 Å². The molecular formula is C15H16N2O. The highest BCUT2D eigenvalue weighted by molar-refractivity contribution is 5.72. The van der Waals surface area contributed by atoms with Gasteiger partial charge in [0.1, 0.15) is 5.52 Å². The van der Waals surface area contributed by atoms with E-state index >= 15 is 0 Å². The normalized spacial score (nSPS) is 17.9. The highest BCUT2D eigenvalue weighted by atomic mass is 16.3. The van der Waals surface area contributed by atoms with Crippen LogP contribution in [-0.2, 0) is 0 Å². The van der Waals surface area contributed by atoms with E-state index in [0.717, 1.165) is 49.5 Å². The number of terminal acetylenes is 1. The number of fused-ring (bicyclic) bond motifs is 1. The molecule has 1 saturated heterocycles. The molecule has 3 nitrogen and oxygen atoms in total. The molecule has 1 aromatic heterocycles. The van der Waals surface area contributed by atoms with Gasteiger partial charge in [0.2, 0.25) is 0 Å². The Morgan fingerprint density at radius 2 is 2.11 bits per heavy atom. The first-order valence-corrected chi connectivity index (χ1v) is 6.38. The number of rotatable bonds is 2. The summed E-state index contributed by atoms with van der Waals surface area (Å²) in [4.78, 5) is 6.89. The largest absolute Gasteiger partial charge is 0.440 e. The minimum absolute atomic E-state index is 0.437. The quantitative estimate of drug-likeness (QED) is 0.756. The average molecular weight is 240 g/mol. The molecule has 1 aliphatic heterocycles. The zero-order valence-electron chi connectivity index (χ0n) is 10.3. The van der Waals surface area contributed by atoms with Crippen LogP contribution >= 0.6 is 0 Å². The number of benzene rings is 1. The predicted octanol–water partition coefficient (Wildman–Crippen LogP) is 2.64. The molecule has 0 atom stereocenters. The molecule has 92 valence electrons. The van der Waals surface area contributed by atoms with E-state index in [1.807, 2.05) is 24.3 Å². The number of nitrogens with zero attached hydrogens (tertiary/aromatic N) is 2. The fourth-order valence-corrected chi connectivity index (χ4v) is 2.53. The van der Waals surface area contributed by atoms with E-state index in [4.69, 9.17) is 10.8 Å². The molecule has 2 heterocycles. The number of aromatic nitrogens is 1. The lowest BCUT2D eigenvalue weighted by Crippen LogP contribution is -2.33. The molecule has 2 aromatic rings. The van der Waals surface area contributed by atoms with Gasteiger partial charge in [0.25, 0.3) is 0 Å². The first-order chi connectivity index (χ1) is 8.86. The van der Waals surface area contributed by atoms with Gasteiger partial charge in [0.15, 0.2) is 11.5 Å². The van der Waals surface area contributed by atoms with Gasteiger partial charge in [0.05, 0.1) is 6.54 Å². The molecule has 1 aromatic carbocycles. The summed E-state index contributed by atoms with van der Waals surface area (Å²) in [5.74, 6) is 4.02. The molecule has 0 saturated carbocycles. The summed E-state index contributed by atoms with van der Waals surface area (Å²) < 4.78 is 5.83. The van der Waals surface area contributed by atoms with Crippen LogP contribution in [-0.4, -0.2) is 29.5 Å². The minimum Gasteiger partial charge on any atom is -0.440 e. The van der Waals surface area contributed by atoms with Crippen LogP contribution in [0.4, 0.5) is 0 Å². The standard InChI is InChI=1S/C15H16N2O/c1-2-9-17-10-7-12(8-11-17)15-16-13-5-3-4-6-14(13)18-15/h1,3-6,12H,7-11H2. The minimum atomic E-state index is 0.437. The Kier molecular flexibility index (Phi) is 3.04. The molecule has 0 amide bonds. The van der Waals surface area contributed by atoms with Crippen molar-refractivity contribution in [3.63, 3.8) is 0 Å². The van der Waals surface area contributed by atoms with Gasteiger partial charge in [-0.15, -0.1) is 6.42 Å². The van der Waals surface area contributed by atoms with E-state index in [9.17, 15) is 0 Å². The molecule has 0 radical (unpaired) electrons. The van der Waals surface area contributed by atoms with Gasteiger partial charge in [-0.05, 0) is 38.1 Å². The Labute approximate surface area is 107 Å². The summed E-state index contributed by atoms with van der Waals surface area (Å²) in [6, 6.07) is 7.94. The molecule has 3 rings (SSSR count). The van der Waals surface area contributed by atoms with E-state index < -0.39 is 0 Å². The van der Waals surface area contributed by atoms with Crippen molar-refractivity contribution >= 4 is 11.1 Å². The molecule has 1 aliphatic rings. The number of para-hydroxylation sites is 2. The highest BCUT2D eigenvalue weighted by Gasteiger charge is 2.23. The lowest BCUT2D eigenvalue weighted by molar-refractivity contribution is 0.222. The maximum absolute atomic E-state index is 5.83. The third-order valence-corrected chi connectivity index (χ3v) is 3.56. The SMILES string of the molecule is C#CCN1CCC(c2nc3ccccc3o2)CC1. The van der Waals surface area contributed by atoms with Gasteiger partial charge < -0.3 is 4.42 Å². The Morgan fingerprint density at radius 3 is 2.83 bits per heavy atom. The number of piperidine rings is 1. The van der Waals surface area contributed by atoms with Crippen LogP contribution in [0.25, 0.3) is 11.1 Å². The summed E-state index contributed by atoms with van der Waals surface area (Å²) >= 11 is 0. The fraction of sp³-hybridized carbons (Fsp3) is 0.400. The number of likely N-dealkylation sites (tertiary alicyclic amines) is 1. The van der Waals surface area contributed by atoms with Crippen molar-refractivity contribution in [3.05, 3.63) is 30.2 Å². The molecular weight excluding hydrogens is 224 g/mol. The molecule has 1 fully saturated rings. The van der Waals surface area contributed by atoms with Crippen molar-refractivity contribution < 1.29 is 4.42 Å². The van der Waals surface area contributed by atoms with Crippen molar-refractivity contribution in [2.45, 2.75) is 18.8 Å².